The van der Waals surface area contributed by atoms with Gasteiger partial charge < -0.3 is 5.32 Å². The topological polar surface area (TPSA) is 42.0 Å². The van der Waals surface area contributed by atoms with Gasteiger partial charge in [-0.3, -0.25) is 4.79 Å². The van der Waals surface area contributed by atoms with Gasteiger partial charge >= 0.3 is 0 Å². The third-order valence-corrected chi connectivity index (χ3v) is 2.59. The molecular weight excluding hydrogens is 306 g/mol. The summed E-state index contributed by atoms with van der Waals surface area (Å²) < 4.78 is 26.9. The quantitative estimate of drug-likeness (QED) is 0.864. The third-order valence-electron chi connectivity index (χ3n) is 2.15. The van der Waals surface area contributed by atoms with Crippen LogP contribution in [-0.4, -0.2) is 10.9 Å². The molecule has 92 valence electrons. The van der Waals surface area contributed by atoms with Gasteiger partial charge in [0.25, 0.3) is 5.91 Å². The number of rotatable bonds is 2. The molecule has 3 nitrogen and oxygen atoms in total. The van der Waals surface area contributed by atoms with Gasteiger partial charge in [-0.05, 0) is 40.2 Å². The van der Waals surface area contributed by atoms with Crippen LogP contribution in [0.1, 0.15) is 10.4 Å². The lowest BCUT2D eigenvalue weighted by molar-refractivity contribution is 0.102. The second-order valence-corrected chi connectivity index (χ2v) is 4.21. The molecule has 0 spiro atoms. The van der Waals surface area contributed by atoms with Crippen LogP contribution in [0.15, 0.2) is 41.0 Å². The summed E-state index contributed by atoms with van der Waals surface area (Å²) in [7, 11) is 0. The number of nitrogens with zero attached hydrogens (tertiary/aromatic N) is 1. The van der Waals surface area contributed by atoms with Crippen LogP contribution in [0, 0.1) is 11.6 Å². The first-order chi connectivity index (χ1) is 8.58. The van der Waals surface area contributed by atoms with Crippen LogP contribution < -0.4 is 5.32 Å². The lowest BCUT2D eigenvalue weighted by Gasteiger charge is -2.05. The number of aromatic nitrogens is 1. The third kappa shape index (κ3) is 2.70. The van der Waals surface area contributed by atoms with E-state index >= 15 is 0 Å². The van der Waals surface area contributed by atoms with Crippen molar-refractivity contribution < 1.29 is 13.6 Å². The molecule has 1 heterocycles. The molecule has 2 rings (SSSR count). The van der Waals surface area contributed by atoms with Crippen molar-refractivity contribution >= 4 is 27.7 Å². The first kappa shape index (κ1) is 12.6. The van der Waals surface area contributed by atoms with E-state index < -0.39 is 17.5 Å². The van der Waals surface area contributed by atoms with Crippen LogP contribution in [0.25, 0.3) is 0 Å². The van der Waals surface area contributed by atoms with Crippen molar-refractivity contribution in [2.75, 3.05) is 5.32 Å². The molecule has 0 aliphatic carbocycles. The summed E-state index contributed by atoms with van der Waals surface area (Å²) in [6.45, 7) is 0. The van der Waals surface area contributed by atoms with E-state index in [0.29, 0.717) is 4.60 Å². The Balaban J connectivity index is 2.25. The second kappa shape index (κ2) is 5.22. The molecule has 0 radical (unpaired) electrons. The van der Waals surface area contributed by atoms with E-state index in [1.165, 1.54) is 12.1 Å². The molecule has 0 unspecified atom stereocenters. The molecule has 0 saturated carbocycles. The van der Waals surface area contributed by atoms with Crippen molar-refractivity contribution in [1.82, 2.24) is 4.98 Å². The Morgan fingerprint density at radius 1 is 1.17 bits per heavy atom. The normalized spacial score (nSPS) is 10.2. The molecular formula is C12H7BrF2N2O. The number of nitrogens with one attached hydrogen (secondary N) is 1. The van der Waals surface area contributed by atoms with Crippen LogP contribution in [0.4, 0.5) is 14.6 Å². The second-order valence-electron chi connectivity index (χ2n) is 3.40. The van der Waals surface area contributed by atoms with Crippen LogP contribution in [0.5, 0.6) is 0 Å². The Morgan fingerprint density at radius 3 is 2.61 bits per heavy atom. The van der Waals surface area contributed by atoms with Crippen LogP contribution in [-0.2, 0) is 0 Å². The largest absolute Gasteiger partial charge is 0.306 e. The summed E-state index contributed by atoms with van der Waals surface area (Å²) in [5.41, 5.74) is -0.364. The number of hydrogen-bond acceptors (Lipinski definition) is 2. The van der Waals surface area contributed by atoms with Gasteiger partial charge in [0, 0.05) is 0 Å². The molecule has 0 bridgehead atoms. The van der Waals surface area contributed by atoms with Gasteiger partial charge in [-0.15, -0.1) is 0 Å². The molecule has 0 aliphatic rings. The van der Waals surface area contributed by atoms with E-state index in [1.807, 2.05) is 0 Å². The Bertz CT molecular complexity index is 604. The molecule has 2 aromatic rings. The summed E-state index contributed by atoms with van der Waals surface area (Å²) in [4.78, 5) is 15.7. The standard InChI is InChI=1S/C12H7BrF2N2O/c13-9-5-2-6-10(16-9)17-12(18)7-3-1-4-8(14)11(7)15/h1-6H,(H,16,17,18). The van der Waals surface area contributed by atoms with E-state index in [1.54, 1.807) is 18.2 Å². The number of benzene rings is 1. The van der Waals surface area contributed by atoms with Crippen molar-refractivity contribution in [2.24, 2.45) is 0 Å². The van der Waals surface area contributed by atoms with Crippen LogP contribution in [0.3, 0.4) is 0 Å². The minimum Gasteiger partial charge on any atom is -0.306 e. The molecule has 0 aliphatic heterocycles. The summed E-state index contributed by atoms with van der Waals surface area (Å²) >= 11 is 3.14. The molecule has 1 aromatic carbocycles. The molecule has 1 aromatic heterocycles. The van der Waals surface area contributed by atoms with Crippen LogP contribution in [0.2, 0.25) is 0 Å². The highest BCUT2D eigenvalue weighted by Crippen LogP contribution is 2.15. The van der Waals surface area contributed by atoms with E-state index in [-0.39, 0.29) is 11.4 Å². The number of anilines is 1. The number of carbonyl (C=O) groups is 1. The smallest absolute Gasteiger partial charge is 0.259 e. The maximum atomic E-state index is 13.4. The maximum absolute atomic E-state index is 13.4. The van der Waals surface area contributed by atoms with E-state index in [4.69, 9.17) is 0 Å². The average molecular weight is 313 g/mol. The SMILES string of the molecule is O=C(Nc1cccc(Br)n1)c1cccc(F)c1F. The summed E-state index contributed by atoms with van der Waals surface area (Å²) in [5, 5.41) is 2.38. The molecule has 1 amide bonds. The molecule has 0 fully saturated rings. The zero-order chi connectivity index (χ0) is 13.1. The zero-order valence-electron chi connectivity index (χ0n) is 8.95. The molecule has 6 heteroatoms. The Morgan fingerprint density at radius 2 is 1.89 bits per heavy atom. The van der Waals surface area contributed by atoms with E-state index in [9.17, 15) is 13.6 Å². The van der Waals surface area contributed by atoms with Crippen molar-refractivity contribution in [1.29, 1.82) is 0 Å². The number of carbonyl (C=O) groups excluding carboxylic acids is 1. The highest BCUT2D eigenvalue weighted by Gasteiger charge is 2.15. The van der Waals surface area contributed by atoms with Gasteiger partial charge in [0.05, 0.1) is 5.56 Å². The van der Waals surface area contributed by atoms with Crippen molar-refractivity contribution in [3.8, 4) is 0 Å². The highest BCUT2D eigenvalue weighted by molar-refractivity contribution is 9.10. The summed E-state index contributed by atoms with van der Waals surface area (Å²) in [6, 6.07) is 8.30. The van der Waals surface area contributed by atoms with Gasteiger partial charge in [0.15, 0.2) is 11.6 Å². The molecule has 0 atom stereocenters. The number of amides is 1. The first-order valence-electron chi connectivity index (χ1n) is 4.96. The Kier molecular flexibility index (Phi) is 3.66. The first-order valence-corrected chi connectivity index (χ1v) is 5.75. The predicted octanol–water partition coefficient (Wildman–Crippen LogP) is 3.37. The van der Waals surface area contributed by atoms with E-state index in [0.717, 1.165) is 6.07 Å². The fraction of sp³-hybridized carbons (Fsp3) is 0. The molecule has 0 saturated heterocycles. The summed E-state index contributed by atoms with van der Waals surface area (Å²) in [6.07, 6.45) is 0. The lowest BCUT2D eigenvalue weighted by atomic mass is 10.2. The van der Waals surface area contributed by atoms with Gasteiger partial charge in [0.1, 0.15) is 10.4 Å². The number of halogens is 3. The maximum Gasteiger partial charge on any atom is 0.259 e. The van der Waals surface area contributed by atoms with Gasteiger partial charge in [-0.2, -0.15) is 0 Å². The minimum atomic E-state index is -1.18. The monoisotopic (exact) mass is 312 g/mol. The Labute approximate surface area is 110 Å². The lowest BCUT2D eigenvalue weighted by Crippen LogP contribution is -2.15. The summed E-state index contributed by atoms with van der Waals surface area (Å²) in [5.74, 6) is -2.74. The number of hydrogen-bond donors (Lipinski definition) is 1. The van der Waals surface area contributed by atoms with Crippen molar-refractivity contribution in [3.05, 3.63) is 58.2 Å². The van der Waals surface area contributed by atoms with E-state index in [2.05, 4.69) is 26.2 Å². The minimum absolute atomic E-state index is 0.248. The van der Waals surface area contributed by atoms with Crippen molar-refractivity contribution in [3.63, 3.8) is 0 Å². The fourth-order valence-electron chi connectivity index (χ4n) is 1.34. The van der Waals surface area contributed by atoms with Crippen molar-refractivity contribution in [2.45, 2.75) is 0 Å². The average Bonchev–Trinajstić information content (AvgIpc) is 2.32. The zero-order valence-corrected chi connectivity index (χ0v) is 10.5. The van der Waals surface area contributed by atoms with Crippen LogP contribution >= 0.6 is 15.9 Å². The van der Waals surface area contributed by atoms with Gasteiger partial charge in [-0.1, -0.05) is 12.1 Å². The Hall–Kier alpha value is -1.82. The highest BCUT2D eigenvalue weighted by atomic mass is 79.9. The number of pyridine rings is 1. The molecule has 1 N–H and O–H groups in total. The van der Waals surface area contributed by atoms with Gasteiger partial charge in [0.2, 0.25) is 0 Å². The fourth-order valence-corrected chi connectivity index (χ4v) is 1.68. The molecule has 18 heavy (non-hydrogen) atoms. The van der Waals surface area contributed by atoms with Gasteiger partial charge in [-0.25, -0.2) is 13.8 Å². The predicted molar refractivity (Wildman–Crippen MR) is 66.2 cm³/mol.